The molecule has 0 amide bonds. The van der Waals surface area contributed by atoms with E-state index >= 15 is 0 Å². The van der Waals surface area contributed by atoms with Gasteiger partial charge in [-0.3, -0.25) is 4.90 Å². The molecule has 0 saturated carbocycles. The summed E-state index contributed by atoms with van der Waals surface area (Å²) in [7, 11) is 1.76. The summed E-state index contributed by atoms with van der Waals surface area (Å²) in [6.07, 6.45) is 2.30. The molecule has 0 aromatic heterocycles. The molecule has 1 saturated heterocycles. The maximum absolute atomic E-state index is 6.43. The predicted octanol–water partition coefficient (Wildman–Crippen LogP) is 2.41. The SMILES string of the molecule is COCCN1CCCC(N)C1c1c(C)cccc1C. The van der Waals surface area contributed by atoms with Crippen LogP contribution in [0.4, 0.5) is 0 Å². The van der Waals surface area contributed by atoms with Crippen molar-refractivity contribution in [2.75, 3.05) is 26.8 Å². The van der Waals surface area contributed by atoms with Gasteiger partial charge in [-0.2, -0.15) is 0 Å². The zero-order valence-corrected chi connectivity index (χ0v) is 12.4. The lowest BCUT2D eigenvalue weighted by Gasteiger charge is -2.41. The minimum Gasteiger partial charge on any atom is -0.383 e. The zero-order valence-electron chi connectivity index (χ0n) is 12.4. The highest BCUT2D eigenvalue weighted by Crippen LogP contribution is 2.33. The van der Waals surface area contributed by atoms with Gasteiger partial charge in [-0.05, 0) is 49.9 Å². The van der Waals surface area contributed by atoms with Crippen LogP contribution in [-0.2, 0) is 4.74 Å². The van der Waals surface area contributed by atoms with E-state index in [9.17, 15) is 0 Å². The maximum atomic E-state index is 6.43. The minimum absolute atomic E-state index is 0.227. The summed E-state index contributed by atoms with van der Waals surface area (Å²) in [6, 6.07) is 7.08. The van der Waals surface area contributed by atoms with E-state index in [0.717, 1.165) is 26.1 Å². The monoisotopic (exact) mass is 262 g/mol. The molecule has 1 fully saturated rings. The second kappa shape index (κ2) is 6.51. The molecular formula is C16H26N2O. The zero-order chi connectivity index (χ0) is 13.8. The Hall–Kier alpha value is -0.900. The molecule has 1 aliphatic heterocycles. The number of benzene rings is 1. The third-order valence-corrected chi connectivity index (χ3v) is 4.20. The molecular weight excluding hydrogens is 236 g/mol. The molecule has 2 N–H and O–H groups in total. The third-order valence-electron chi connectivity index (χ3n) is 4.20. The van der Waals surface area contributed by atoms with Crippen LogP contribution < -0.4 is 5.73 Å². The molecule has 3 nitrogen and oxygen atoms in total. The second-order valence-electron chi connectivity index (χ2n) is 5.59. The molecule has 106 valence electrons. The summed E-state index contributed by atoms with van der Waals surface area (Å²) in [5.41, 5.74) is 10.6. The Kier molecular flexibility index (Phi) is 4.97. The van der Waals surface area contributed by atoms with E-state index in [0.29, 0.717) is 6.04 Å². The highest BCUT2D eigenvalue weighted by Gasteiger charge is 2.31. The van der Waals surface area contributed by atoms with E-state index in [2.05, 4.69) is 36.9 Å². The molecule has 1 aromatic rings. The molecule has 0 aliphatic carbocycles. The molecule has 0 spiro atoms. The van der Waals surface area contributed by atoms with Crippen molar-refractivity contribution in [1.82, 2.24) is 4.90 Å². The first-order valence-electron chi connectivity index (χ1n) is 7.20. The summed E-state index contributed by atoms with van der Waals surface area (Å²) in [5.74, 6) is 0. The summed E-state index contributed by atoms with van der Waals surface area (Å²) >= 11 is 0. The number of aryl methyl sites for hydroxylation is 2. The Morgan fingerprint density at radius 3 is 2.63 bits per heavy atom. The van der Waals surface area contributed by atoms with Crippen LogP contribution >= 0.6 is 0 Å². The third kappa shape index (κ3) is 3.16. The van der Waals surface area contributed by atoms with Gasteiger partial charge < -0.3 is 10.5 Å². The van der Waals surface area contributed by atoms with Crippen molar-refractivity contribution in [2.45, 2.75) is 38.8 Å². The molecule has 1 aromatic carbocycles. The standard InChI is InChI=1S/C16H26N2O/c1-12-6-4-7-13(2)15(12)16-14(17)8-5-9-18(16)10-11-19-3/h4,6-7,14,16H,5,8-11,17H2,1-3H3. The topological polar surface area (TPSA) is 38.5 Å². The molecule has 2 atom stereocenters. The number of likely N-dealkylation sites (tertiary alicyclic amines) is 1. The van der Waals surface area contributed by atoms with Gasteiger partial charge in [0.05, 0.1) is 12.6 Å². The fourth-order valence-electron chi connectivity index (χ4n) is 3.25. The molecule has 2 rings (SSSR count). The lowest BCUT2D eigenvalue weighted by molar-refractivity contribution is 0.0842. The summed E-state index contributed by atoms with van der Waals surface area (Å²) in [5, 5.41) is 0. The highest BCUT2D eigenvalue weighted by molar-refractivity contribution is 5.37. The number of hydrogen-bond acceptors (Lipinski definition) is 3. The van der Waals surface area contributed by atoms with Crippen LogP contribution in [0.5, 0.6) is 0 Å². The lowest BCUT2D eigenvalue weighted by Crippen LogP contribution is -2.47. The molecule has 19 heavy (non-hydrogen) atoms. The second-order valence-corrected chi connectivity index (χ2v) is 5.59. The van der Waals surface area contributed by atoms with E-state index < -0.39 is 0 Å². The van der Waals surface area contributed by atoms with Gasteiger partial charge in [-0.1, -0.05) is 18.2 Å². The molecule has 1 aliphatic rings. The fourth-order valence-corrected chi connectivity index (χ4v) is 3.25. The largest absolute Gasteiger partial charge is 0.383 e. The molecule has 3 heteroatoms. The Labute approximate surface area is 116 Å². The van der Waals surface area contributed by atoms with Crippen LogP contribution in [0, 0.1) is 13.8 Å². The first-order chi connectivity index (χ1) is 9.15. The lowest BCUT2D eigenvalue weighted by atomic mass is 9.86. The first-order valence-corrected chi connectivity index (χ1v) is 7.20. The number of rotatable bonds is 4. The van der Waals surface area contributed by atoms with Crippen molar-refractivity contribution in [3.05, 3.63) is 34.9 Å². The van der Waals surface area contributed by atoms with Crippen LogP contribution in [0.3, 0.4) is 0 Å². The number of hydrogen-bond donors (Lipinski definition) is 1. The minimum atomic E-state index is 0.227. The molecule has 2 unspecified atom stereocenters. The maximum Gasteiger partial charge on any atom is 0.0589 e. The van der Waals surface area contributed by atoms with Gasteiger partial charge in [-0.25, -0.2) is 0 Å². The van der Waals surface area contributed by atoms with Crippen molar-refractivity contribution in [1.29, 1.82) is 0 Å². The summed E-state index contributed by atoms with van der Waals surface area (Å²) < 4.78 is 5.24. The Morgan fingerprint density at radius 1 is 1.32 bits per heavy atom. The van der Waals surface area contributed by atoms with Crippen molar-refractivity contribution < 1.29 is 4.74 Å². The average Bonchev–Trinajstić information content (AvgIpc) is 2.38. The van der Waals surface area contributed by atoms with Crippen molar-refractivity contribution >= 4 is 0 Å². The average molecular weight is 262 g/mol. The van der Waals surface area contributed by atoms with E-state index in [1.165, 1.54) is 23.1 Å². The number of piperidine rings is 1. The summed E-state index contributed by atoms with van der Waals surface area (Å²) in [4.78, 5) is 2.49. The van der Waals surface area contributed by atoms with E-state index in [-0.39, 0.29) is 6.04 Å². The van der Waals surface area contributed by atoms with Gasteiger partial charge in [0, 0.05) is 19.7 Å². The van der Waals surface area contributed by atoms with Crippen molar-refractivity contribution in [3.8, 4) is 0 Å². The van der Waals surface area contributed by atoms with Gasteiger partial charge in [0.25, 0.3) is 0 Å². The van der Waals surface area contributed by atoms with Gasteiger partial charge >= 0.3 is 0 Å². The number of nitrogens with zero attached hydrogens (tertiary/aromatic N) is 1. The molecule has 0 bridgehead atoms. The van der Waals surface area contributed by atoms with E-state index in [1.807, 2.05) is 0 Å². The van der Waals surface area contributed by atoms with Crippen molar-refractivity contribution in [2.24, 2.45) is 5.73 Å². The van der Waals surface area contributed by atoms with Crippen LogP contribution in [-0.4, -0.2) is 37.7 Å². The van der Waals surface area contributed by atoms with Gasteiger partial charge in [0.1, 0.15) is 0 Å². The Balaban J connectivity index is 2.30. The highest BCUT2D eigenvalue weighted by atomic mass is 16.5. The normalized spacial score (nSPS) is 24.6. The molecule has 1 heterocycles. The van der Waals surface area contributed by atoms with Gasteiger partial charge in [-0.15, -0.1) is 0 Å². The number of ether oxygens (including phenoxy) is 1. The van der Waals surface area contributed by atoms with Crippen LogP contribution in [0.25, 0.3) is 0 Å². The Morgan fingerprint density at radius 2 is 2.00 bits per heavy atom. The van der Waals surface area contributed by atoms with Crippen LogP contribution in [0.2, 0.25) is 0 Å². The first kappa shape index (κ1) is 14.5. The smallest absolute Gasteiger partial charge is 0.0589 e. The van der Waals surface area contributed by atoms with Crippen molar-refractivity contribution in [3.63, 3.8) is 0 Å². The van der Waals surface area contributed by atoms with E-state index in [4.69, 9.17) is 10.5 Å². The van der Waals surface area contributed by atoms with Gasteiger partial charge in [0.2, 0.25) is 0 Å². The predicted molar refractivity (Wildman–Crippen MR) is 79.3 cm³/mol. The molecule has 0 radical (unpaired) electrons. The fraction of sp³-hybridized carbons (Fsp3) is 0.625. The quantitative estimate of drug-likeness (QED) is 0.905. The summed E-state index contributed by atoms with van der Waals surface area (Å²) in [6.45, 7) is 7.24. The van der Waals surface area contributed by atoms with E-state index in [1.54, 1.807) is 7.11 Å². The van der Waals surface area contributed by atoms with Crippen LogP contribution in [0.1, 0.15) is 35.6 Å². The number of methoxy groups -OCH3 is 1. The van der Waals surface area contributed by atoms with Gasteiger partial charge in [0.15, 0.2) is 0 Å². The van der Waals surface area contributed by atoms with Crippen LogP contribution in [0.15, 0.2) is 18.2 Å². The number of nitrogens with two attached hydrogens (primary N) is 1. The Bertz CT molecular complexity index is 399.